The zero-order chi connectivity index (χ0) is 33.5. The third-order valence-electron chi connectivity index (χ3n) is 9.65. The molecular formula is C33H35F2N4O6PS. The number of nitrogens with one attached hydrogen (secondary N) is 1. The summed E-state index contributed by atoms with van der Waals surface area (Å²) >= 11 is 1.01. The van der Waals surface area contributed by atoms with Crippen molar-refractivity contribution in [2.45, 2.75) is 74.7 Å². The molecule has 0 spiro atoms. The van der Waals surface area contributed by atoms with Gasteiger partial charge < -0.3 is 24.9 Å². The summed E-state index contributed by atoms with van der Waals surface area (Å²) in [5, 5.41) is 12.9. The molecule has 0 unspecified atom stereocenters. The minimum absolute atomic E-state index is 0.124. The van der Waals surface area contributed by atoms with Gasteiger partial charge in [-0.05, 0) is 54.8 Å². The van der Waals surface area contributed by atoms with Gasteiger partial charge in [0.2, 0.25) is 11.8 Å². The average molecular weight is 685 g/mol. The van der Waals surface area contributed by atoms with Crippen LogP contribution in [0.1, 0.15) is 71.7 Å². The molecule has 5 atom stereocenters. The Bertz CT molecular complexity index is 1780. The fourth-order valence-electron chi connectivity index (χ4n) is 7.19. The molecule has 3 aliphatic heterocycles. The van der Waals surface area contributed by atoms with Gasteiger partial charge in [0.15, 0.2) is 0 Å². The molecule has 3 fully saturated rings. The lowest BCUT2D eigenvalue weighted by Crippen LogP contribution is -2.55. The van der Waals surface area contributed by atoms with Crippen molar-refractivity contribution in [1.82, 2.24) is 15.1 Å². The number of hydrogen-bond donors (Lipinski definition) is 3. The standard InChI is InChI=1S/C33H35F2N4O6PS/c34-33(35,46(43,44)45)23-11-14-28-21(15-23)16-29(47-28)30(40)37-26-10-6-2-5-9-24-12-13-27(39(24)31(26)41)32(42)38-18-22(17-36)25(19-38)20-7-3-1-4-8-20/h1,3-4,7-8,11,14-16,22,24-27H,2,5-6,9-10,12-13,18-19H2,(H,37,40)(H2,43,44,45)/t22-,24-,25+,26-,27-/m0/s1. The summed E-state index contributed by atoms with van der Waals surface area (Å²) in [4.78, 5) is 63.4. The van der Waals surface area contributed by atoms with Crippen LogP contribution in [0.3, 0.4) is 0 Å². The maximum Gasteiger partial charge on any atom is 0.399 e. The highest BCUT2D eigenvalue weighted by molar-refractivity contribution is 7.52. The second kappa shape index (κ2) is 13.1. The van der Waals surface area contributed by atoms with Gasteiger partial charge in [-0.2, -0.15) is 14.0 Å². The van der Waals surface area contributed by atoms with Gasteiger partial charge in [-0.15, -0.1) is 11.3 Å². The second-order valence-electron chi connectivity index (χ2n) is 12.6. The summed E-state index contributed by atoms with van der Waals surface area (Å²) in [6.45, 7) is 0.671. The number of rotatable bonds is 6. The average Bonchev–Trinajstić information content (AvgIpc) is 3.79. The topological polar surface area (TPSA) is 151 Å². The molecule has 3 N–H and O–H groups in total. The lowest BCUT2D eigenvalue weighted by atomic mass is 9.90. The highest BCUT2D eigenvalue weighted by Gasteiger charge is 2.50. The van der Waals surface area contributed by atoms with Crippen molar-refractivity contribution in [2.24, 2.45) is 5.92 Å². The number of likely N-dealkylation sites (tertiary alicyclic amines) is 1. The zero-order valence-corrected chi connectivity index (χ0v) is 27.1. The van der Waals surface area contributed by atoms with E-state index in [1.807, 2.05) is 30.3 Å². The van der Waals surface area contributed by atoms with Crippen molar-refractivity contribution < 1.29 is 37.5 Å². The number of carbonyl (C=O) groups excluding carboxylic acids is 3. The number of nitrogens with zero attached hydrogens (tertiary/aromatic N) is 3. The van der Waals surface area contributed by atoms with Crippen molar-refractivity contribution in [3.05, 3.63) is 70.6 Å². The fraction of sp³-hybridized carbons (Fsp3) is 0.455. The summed E-state index contributed by atoms with van der Waals surface area (Å²) < 4.78 is 40.5. The van der Waals surface area contributed by atoms with Crippen LogP contribution in [0, 0.1) is 17.2 Å². The first-order valence-electron chi connectivity index (χ1n) is 15.7. The third-order valence-corrected chi connectivity index (χ3v) is 11.8. The monoisotopic (exact) mass is 684 g/mol. The van der Waals surface area contributed by atoms with E-state index in [-0.39, 0.29) is 46.5 Å². The van der Waals surface area contributed by atoms with Crippen LogP contribution in [-0.2, 0) is 19.8 Å². The van der Waals surface area contributed by atoms with Gasteiger partial charge in [0.25, 0.3) is 5.91 Å². The molecule has 0 saturated carbocycles. The summed E-state index contributed by atoms with van der Waals surface area (Å²) in [5.41, 5.74) is -4.25. The van der Waals surface area contributed by atoms with Crippen LogP contribution in [0.5, 0.6) is 0 Å². The Hall–Kier alpha value is -3.69. The molecule has 14 heteroatoms. The van der Waals surface area contributed by atoms with E-state index in [9.17, 15) is 33.0 Å². The molecule has 248 valence electrons. The van der Waals surface area contributed by atoms with E-state index < -0.39 is 36.8 Å². The molecule has 10 nitrogen and oxygen atoms in total. The molecule has 3 aromatic rings. The molecular weight excluding hydrogens is 649 g/mol. The van der Waals surface area contributed by atoms with Crippen LogP contribution in [0.25, 0.3) is 10.1 Å². The molecule has 3 saturated heterocycles. The van der Waals surface area contributed by atoms with Crippen molar-refractivity contribution >= 4 is 46.7 Å². The second-order valence-corrected chi connectivity index (χ2v) is 15.3. The number of thiophene rings is 1. The fourth-order valence-corrected chi connectivity index (χ4v) is 8.61. The van der Waals surface area contributed by atoms with Crippen molar-refractivity contribution in [3.63, 3.8) is 0 Å². The van der Waals surface area contributed by atoms with Crippen LogP contribution in [0.4, 0.5) is 8.78 Å². The van der Waals surface area contributed by atoms with E-state index in [4.69, 9.17) is 9.79 Å². The number of nitriles is 1. The van der Waals surface area contributed by atoms with Crippen LogP contribution >= 0.6 is 18.9 Å². The first-order valence-corrected chi connectivity index (χ1v) is 18.2. The Morgan fingerprint density at radius 1 is 1.00 bits per heavy atom. The highest BCUT2D eigenvalue weighted by atomic mass is 32.1. The van der Waals surface area contributed by atoms with Crippen LogP contribution in [0.15, 0.2) is 54.6 Å². The van der Waals surface area contributed by atoms with Gasteiger partial charge in [-0.1, -0.05) is 55.7 Å². The number of hydrogen-bond acceptors (Lipinski definition) is 6. The van der Waals surface area contributed by atoms with Crippen molar-refractivity contribution in [2.75, 3.05) is 13.1 Å². The predicted octanol–water partition coefficient (Wildman–Crippen LogP) is 5.32. The lowest BCUT2D eigenvalue weighted by Gasteiger charge is -2.34. The van der Waals surface area contributed by atoms with Crippen LogP contribution in [-0.4, -0.2) is 68.5 Å². The Balaban J connectivity index is 1.21. The summed E-state index contributed by atoms with van der Waals surface area (Å²) in [7, 11) is -5.77. The maximum atomic E-state index is 14.3. The number of fused-ring (bicyclic) bond motifs is 2. The molecule has 0 radical (unpaired) electrons. The van der Waals surface area contributed by atoms with Gasteiger partial charge in [-0.25, -0.2) is 0 Å². The number of carbonyl (C=O) groups is 3. The van der Waals surface area contributed by atoms with E-state index in [2.05, 4.69) is 11.4 Å². The van der Waals surface area contributed by atoms with Crippen LogP contribution in [0.2, 0.25) is 0 Å². The summed E-state index contributed by atoms with van der Waals surface area (Å²) in [6.07, 6.45) is 4.71. The smallest absolute Gasteiger partial charge is 0.340 e. The molecule has 6 rings (SSSR count). The van der Waals surface area contributed by atoms with E-state index >= 15 is 0 Å². The number of alkyl halides is 2. The predicted molar refractivity (Wildman–Crippen MR) is 171 cm³/mol. The van der Waals surface area contributed by atoms with Gasteiger partial charge >= 0.3 is 13.3 Å². The molecule has 4 heterocycles. The quantitative estimate of drug-likeness (QED) is 0.298. The normalized spacial score (nSPS) is 25.5. The number of amides is 3. The first kappa shape index (κ1) is 33.2. The molecule has 3 aliphatic rings. The minimum atomic E-state index is -5.77. The molecule has 47 heavy (non-hydrogen) atoms. The molecule has 2 aromatic carbocycles. The van der Waals surface area contributed by atoms with Crippen molar-refractivity contribution in [1.29, 1.82) is 5.26 Å². The Morgan fingerprint density at radius 3 is 2.47 bits per heavy atom. The largest absolute Gasteiger partial charge is 0.399 e. The molecule has 1 aromatic heterocycles. The number of benzene rings is 2. The van der Waals surface area contributed by atoms with Gasteiger partial charge in [0.1, 0.15) is 12.1 Å². The Kier molecular flexibility index (Phi) is 9.24. The first-order chi connectivity index (χ1) is 22.4. The lowest BCUT2D eigenvalue weighted by molar-refractivity contribution is -0.146. The molecule has 0 aliphatic carbocycles. The van der Waals surface area contributed by atoms with Crippen molar-refractivity contribution in [3.8, 4) is 6.07 Å². The Labute approximate surface area is 274 Å². The number of halogens is 2. The maximum absolute atomic E-state index is 14.3. The minimum Gasteiger partial charge on any atom is -0.340 e. The van der Waals surface area contributed by atoms with Gasteiger partial charge in [0, 0.05) is 35.3 Å². The summed E-state index contributed by atoms with van der Waals surface area (Å²) in [6, 6.07) is 14.8. The molecule has 0 bridgehead atoms. The van der Waals surface area contributed by atoms with E-state index in [0.717, 1.165) is 48.3 Å². The van der Waals surface area contributed by atoms with E-state index in [1.165, 1.54) is 12.1 Å². The molecule has 3 amide bonds. The highest BCUT2D eigenvalue weighted by Crippen LogP contribution is 2.59. The van der Waals surface area contributed by atoms with E-state index in [0.29, 0.717) is 36.9 Å². The van der Waals surface area contributed by atoms with Gasteiger partial charge in [-0.3, -0.25) is 18.9 Å². The SMILES string of the molecule is N#C[C@H]1CN(C(=O)[C@@H]2CC[C@@H]3CCCCC[C@H](NC(=O)c4cc5cc(C(F)(F)P(=O)(O)O)ccc5s4)C(=O)N32)C[C@@H]1c1ccccc1. The van der Waals surface area contributed by atoms with Gasteiger partial charge in [0.05, 0.1) is 16.9 Å². The Morgan fingerprint density at radius 2 is 1.74 bits per heavy atom. The summed E-state index contributed by atoms with van der Waals surface area (Å²) in [5.74, 6) is -1.58. The van der Waals surface area contributed by atoms with E-state index in [1.54, 1.807) is 9.80 Å². The van der Waals surface area contributed by atoms with Crippen LogP contribution < -0.4 is 5.32 Å². The zero-order valence-electron chi connectivity index (χ0n) is 25.4. The third kappa shape index (κ3) is 6.44.